The van der Waals surface area contributed by atoms with Crippen molar-refractivity contribution < 1.29 is 6.17 Å². The summed E-state index contributed by atoms with van der Waals surface area (Å²) >= 11 is 0. The van der Waals surface area contributed by atoms with Crippen molar-refractivity contribution >= 4 is 5.91 Å². The SMILES string of the molecule is [2H]C12C3C4C5(C(=O)N(C(C)C)C(C)C)C3C13C5C423. The predicted octanol–water partition coefficient (Wildman–Crippen LogP) is 1.75. The van der Waals surface area contributed by atoms with Gasteiger partial charge in [-0.15, -0.1) is 0 Å². The normalized spacial score (nSPS) is 76.9. The summed E-state index contributed by atoms with van der Waals surface area (Å²) in [6.07, 6.45) is 0. The van der Waals surface area contributed by atoms with Gasteiger partial charge in [0.1, 0.15) is 0 Å². The Morgan fingerprint density at radius 2 is 1.71 bits per heavy atom. The molecule has 4 unspecified atom stereocenters. The molecule has 2 spiro atoms. The minimum Gasteiger partial charge on any atom is -0.337 e. The van der Waals surface area contributed by atoms with Gasteiger partial charge in [-0.2, -0.15) is 0 Å². The molecule has 0 radical (unpaired) electrons. The second-order valence-corrected chi connectivity index (χ2v) is 7.90. The maximum Gasteiger partial charge on any atom is 0.230 e. The number of carbonyl (C=O) groups excluding carboxylic acids is 1. The van der Waals surface area contributed by atoms with Crippen molar-refractivity contribution in [3.8, 4) is 0 Å². The summed E-state index contributed by atoms with van der Waals surface area (Å²) < 4.78 is 8.39. The van der Waals surface area contributed by atoms with Crippen LogP contribution in [0.25, 0.3) is 0 Å². The third-order valence-electron chi connectivity index (χ3n) is 7.60. The fourth-order valence-electron chi connectivity index (χ4n) is 7.95. The van der Waals surface area contributed by atoms with E-state index >= 15 is 0 Å². The Kier molecular flexibility index (Phi) is 0.752. The number of amides is 1. The molecule has 90 valence electrons. The second-order valence-electron chi connectivity index (χ2n) is 7.90. The smallest absolute Gasteiger partial charge is 0.230 e. The lowest BCUT2D eigenvalue weighted by Gasteiger charge is -2.88. The van der Waals surface area contributed by atoms with Crippen molar-refractivity contribution in [1.29, 1.82) is 0 Å². The molecule has 7 fully saturated rings. The van der Waals surface area contributed by atoms with E-state index in [0.29, 0.717) is 52.5 Å². The first-order chi connectivity index (χ1) is 8.40. The van der Waals surface area contributed by atoms with Gasteiger partial charge >= 0.3 is 0 Å². The van der Waals surface area contributed by atoms with E-state index in [1.165, 1.54) is 0 Å². The molecule has 0 N–H and O–H groups in total. The van der Waals surface area contributed by atoms with Crippen molar-refractivity contribution in [2.24, 2.45) is 45.8 Å². The van der Waals surface area contributed by atoms with Gasteiger partial charge < -0.3 is 4.90 Å². The van der Waals surface area contributed by atoms with Gasteiger partial charge in [0.05, 0.1) is 5.41 Å². The molecule has 7 aliphatic carbocycles. The van der Waals surface area contributed by atoms with Gasteiger partial charge in [-0.3, -0.25) is 4.79 Å². The quantitative estimate of drug-likeness (QED) is 0.723. The van der Waals surface area contributed by atoms with E-state index < -0.39 is 0 Å². The molecule has 17 heavy (non-hydrogen) atoms. The molecular formula is C15H19NO. The standard InChI is InChI=1S/C15H19NO/c1-5(2)16(6(3)4)12(17)13-8-7-9(13)15-10(7)14(8,15)11(13)15/h5-11H,1-4H3/i10D. The minimum atomic E-state index is 0.0164. The molecule has 7 aliphatic rings. The Morgan fingerprint density at radius 3 is 2.06 bits per heavy atom. The highest BCUT2D eigenvalue weighted by atomic mass is 16.2. The maximum absolute atomic E-state index is 13.0. The molecular weight excluding hydrogens is 210 g/mol. The third-order valence-corrected chi connectivity index (χ3v) is 7.60. The van der Waals surface area contributed by atoms with Crippen LogP contribution in [0, 0.1) is 45.8 Å². The average molecular weight is 230 g/mol. The Hall–Kier alpha value is -0.530. The van der Waals surface area contributed by atoms with Crippen molar-refractivity contribution in [2.45, 2.75) is 39.8 Å². The van der Waals surface area contributed by atoms with Gasteiger partial charge in [-0.05, 0) is 68.1 Å². The van der Waals surface area contributed by atoms with Crippen LogP contribution in [0.1, 0.15) is 29.1 Å². The van der Waals surface area contributed by atoms with E-state index in [2.05, 4.69) is 32.6 Å². The van der Waals surface area contributed by atoms with Crippen LogP contribution in [0.2, 0.25) is 0 Å². The van der Waals surface area contributed by atoms with Crippen LogP contribution in [0.15, 0.2) is 0 Å². The van der Waals surface area contributed by atoms with Crippen molar-refractivity contribution in [1.82, 2.24) is 4.90 Å². The van der Waals surface area contributed by atoms with E-state index in [4.69, 9.17) is 1.37 Å². The van der Waals surface area contributed by atoms with E-state index in [1.54, 1.807) is 0 Å². The van der Waals surface area contributed by atoms with Crippen molar-refractivity contribution in [3.05, 3.63) is 0 Å². The van der Waals surface area contributed by atoms with Crippen molar-refractivity contribution in [2.75, 3.05) is 0 Å². The summed E-state index contributed by atoms with van der Waals surface area (Å²) in [4.78, 5) is 15.1. The van der Waals surface area contributed by atoms with Crippen LogP contribution in [0.4, 0.5) is 0 Å². The maximum atomic E-state index is 13.0. The molecule has 2 nitrogen and oxygen atoms in total. The zero-order chi connectivity index (χ0) is 12.6. The second kappa shape index (κ2) is 1.64. The van der Waals surface area contributed by atoms with E-state index in [1.807, 2.05) is 0 Å². The van der Waals surface area contributed by atoms with Gasteiger partial charge in [-0.1, -0.05) is 0 Å². The van der Waals surface area contributed by atoms with E-state index in [9.17, 15) is 4.79 Å². The lowest BCUT2D eigenvalue weighted by Crippen LogP contribution is -2.90. The van der Waals surface area contributed by atoms with Gasteiger partial charge in [0.15, 0.2) is 0 Å². The van der Waals surface area contributed by atoms with Crippen LogP contribution < -0.4 is 0 Å². The average Bonchev–Trinajstić information content (AvgIpc) is 2.78. The van der Waals surface area contributed by atoms with Gasteiger partial charge in [0, 0.05) is 13.5 Å². The molecule has 0 aromatic heterocycles. The zero-order valence-corrected chi connectivity index (χ0v) is 10.8. The summed E-state index contributed by atoms with van der Waals surface area (Å²) in [5.74, 6) is 3.10. The zero-order valence-electron chi connectivity index (χ0n) is 11.8. The Morgan fingerprint density at radius 1 is 1.18 bits per heavy atom. The summed E-state index contributed by atoms with van der Waals surface area (Å²) in [7, 11) is 0. The predicted molar refractivity (Wildman–Crippen MR) is 61.9 cm³/mol. The highest BCUT2D eigenvalue weighted by Gasteiger charge is 3.35. The molecule has 0 aromatic carbocycles. The Labute approximate surface area is 103 Å². The first-order valence-corrected chi connectivity index (χ1v) is 7.23. The van der Waals surface area contributed by atoms with Gasteiger partial charge in [0.25, 0.3) is 0 Å². The van der Waals surface area contributed by atoms with E-state index in [-0.39, 0.29) is 11.3 Å². The number of hydrogen-bond acceptors (Lipinski definition) is 1. The Balaban J connectivity index is 1.39. The Bertz CT molecular complexity index is 549. The first-order valence-electron chi connectivity index (χ1n) is 7.73. The molecule has 0 aliphatic heterocycles. The molecule has 2 heteroatoms. The molecule has 0 saturated heterocycles. The molecule has 0 aromatic rings. The summed E-state index contributed by atoms with van der Waals surface area (Å²) in [6, 6.07) is 0.626. The van der Waals surface area contributed by atoms with E-state index in [0.717, 1.165) is 0 Å². The topological polar surface area (TPSA) is 20.3 Å². The van der Waals surface area contributed by atoms with Gasteiger partial charge in [0.2, 0.25) is 5.91 Å². The van der Waals surface area contributed by atoms with Crippen LogP contribution >= 0.6 is 0 Å². The number of rotatable bonds is 3. The summed E-state index contributed by atoms with van der Waals surface area (Å²) in [5.41, 5.74) is 0.914. The highest BCUT2D eigenvalue weighted by Crippen LogP contribution is 3.35. The number of hydrogen-bond donors (Lipinski definition) is 0. The first kappa shape index (κ1) is 7.81. The highest BCUT2D eigenvalue weighted by molar-refractivity contribution is 6.00. The van der Waals surface area contributed by atoms with Crippen LogP contribution in [-0.2, 0) is 4.79 Å². The van der Waals surface area contributed by atoms with Crippen molar-refractivity contribution in [3.63, 3.8) is 0 Å². The van der Waals surface area contributed by atoms with Crippen LogP contribution in [-0.4, -0.2) is 22.9 Å². The lowest BCUT2D eigenvalue weighted by atomic mass is 9.14. The number of carbonyl (C=O) groups is 1. The fraction of sp³-hybridized carbons (Fsp3) is 0.933. The monoisotopic (exact) mass is 230 g/mol. The molecule has 4 atom stereocenters. The lowest BCUT2D eigenvalue weighted by molar-refractivity contribution is -0.413. The molecule has 7 saturated carbocycles. The largest absolute Gasteiger partial charge is 0.337 e. The molecule has 0 heterocycles. The van der Waals surface area contributed by atoms with Gasteiger partial charge in [-0.25, -0.2) is 0 Å². The van der Waals surface area contributed by atoms with Crippen LogP contribution in [0.3, 0.4) is 0 Å². The number of nitrogens with zero attached hydrogens (tertiary/aromatic N) is 1. The fourth-order valence-corrected chi connectivity index (χ4v) is 7.95. The summed E-state index contributed by atoms with van der Waals surface area (Å²) in [6.45, 7) is 8.53. The van der Waals surface area contributed by atoms with Crippen LogP contribution in [0.5, 0.6) is 0 Å². The molecule has 0 bridgehead atoms. The molecule has 1 amide bonds. The third kappa shape index (κ3) is 0.359. The minimum absolute atomic E-state index is 0.0164. The summed E-state index contributed by atoms with van der Waals surface area (Å²) in [5, 5.41) is 0. The molecule has 7 rings (SSSR count).